The SMILES string of the molecule is COc1ccc(CN(C)Cc2noc(-c3ccoc3)n2)cc1[N+](=O)[O-]. The fourth-order valence-electron chi connectivity index (χ4n) is 2.41. The van der Waals surface area contributed by atoms with E-state index in [1.165, 1.54) is 25.7 Å². The number of nitrogens with zero attached hydrogens (tertiary/aromatic N) is 4. The van der Waals surface area contributed by atoms with Crippen LogP contribution in [0.1, 0.15) is 11.4 Å². The van der Waals surface area contributed by atoms with Crippen molar-refractivity contribution < 1.29 is 18.6 Å². The molecule has 0 bridgehead atoms. The molecular weight excluding hydrogens is 328 g/mol. The average molecular weight is 344 g/mol. The summed E-state index contributed by atoms with van der Waals surface area (Å²) in [6.45, 7) is 0.918. The first-order chi connectivity index (χ1) is 12.1. The summed E-state index contributed by atoms with van der Waals surface area (Å²) < 4.78 is 15.2. The summed E-state index contributed by atoms with van der Waals surface area (Å²) in [4.78, 5) is 16.9. The van der Waals surface area contributed by atoms with Crippen LogP contribution in [-0.4, -0.2) is 34.1 Å². The van der Waals surface area contributed by atoms with E-state index in [4.69, 9.17) is 13.7 Å². The third-order valence-corrected chi connectivity index (χ3v) is 3.54. The molecule has 9 nitrogen and oxygen atoms in total. The Hall–Kier alpha value is -3.20. The molecule has 0 N–H and O–H groups in total. The Bertz CT molecular complexity index is 859. The zero-order chi connectivity index (χ0) is 17.8. The van der Waals surface area contributed by atoms with Gasteiger partial charge < -0.3 is 13.7 Å². The summed E-state index contributed by atoms with van der Waals surface area (Å²) in [5.41, 5.74) is 1.44. The number of hydrogen-bond donors (Lipinski definition) is 0. The number of ether oxygens (including phenoxy) is 1. The summed E-state index contributed by atoms with van der Waals surface area (Å²) in [6, 6.07) is 6.61. The van der Waals surface area contributed by atoms with Crippen molar-refractivity contribution in [1.82, 2.24) is 15.0 Å². The Kier molecular flexibility index (Phi) is 4.75. The fourth-order valence-corrected chi connectivity index (χ4v) is 2.41. The summed E-state index contributed by atoms with van der Waals surface area (Å²) in [6.07, 6.45) is 3.05. The van der Waals surface area contributed by atoms with Gasteiger partial charge >= 0.3 is 5.69 Å². The maximum Gasteiger partial charge on any atom is 0.311 e. The molecule has 0 unspecified atom stereocenters. The molecule has 3 rings (SSSR count). The van der Waals surface area contributed by atoms with Crippen molar-refractivity contribution in [3.05, 3.63) is 58.3 Å². The molecule has 2 aromatic heterocycles. The second kappa shape index (κ2) is 7.14. The number of hydrogen-bond acceptors (Lipinski definition) is 8. The monoisotopic (exact) mass is 344 g/mol. The lowest BCUT2D eigenvalue weighted by Crippen LogP contribution is -2.18. The molecule has 0 atom stereocenters. The van der Waals surface area contributed by atoms with Crippen LogP contribution in [-0.2, 0) is 13.1 Å². The van der Waals surface area contributed by atoms with E-state index in [2.05, 4.69) is 10.1 Å². The number of nitro groups is 1. The molecule has 25 heavy (non-hydrogen) atoms. The van der Waals surface area contributed by atoms with Crippen molar-refractivity contribution in [3.8, 4) is 17.2 Å². The standard InChI is InChI=1S/C16H16N4O5/c1-19(8-11-3-4-14(23-2)13(7-11)20(21)22)9-15-17-16(25-18-15)12-5-6-24-10-12/h3-7,10H,8-9H2,1-2H3. The molecule has 0 saturated carbocycles. The highest BCUT2D eigenvalue weighted by Gasteiger charge is 2.17. The quantitative estimate of drug-likeness (QED) is 0.475. The van der Waals surface area contributed by atoms with Gasteiger partial charge in [-0.15, -0.1) is 0 Å². The van der Waals surface area contributed by atoms with Crippen LogP contribution in [0.15, 0.2) is 45.7 Å². The van der Waals surface area contributed by atoms with Gasteiger partial charge in [-0.05, 0) is 24.7 Å². The molecule has 2 heterocycles. The lowest BCUT2D eigenvalue weighted by Gasteiger charge is -2.14. The summed E-state index contributed by atoms with van der Waals surface area (Å²) in [5.74, 6) is 1.14. The maximum absolute atomic E-state index is 11.1. The lowest BCUT2D eigenvalue weighted by atomic mass is 10.1. The molecule has 0 amide bonds. The molecule has 0 fully saturated rings. The van der Waals surface area contributed by atoms with E-state index in [9.17, 15) is 10.1 Å². The minimum Gasteiger partial charge on any atom is -0.490 e. The molecule has 0 radical (unpaired) electrons. The minimum atomic E-state index is -0.460. The van der Waals surface area contributed by atoms with Gasteiger partial charge in [0.15, 0.2) is 11.6 Å². The Morgan fingerprint density at radius 3 is 2.84 bits per heavy atom. The molecule has 0 saturated heterocycles. The topological polar surface area (TPSA) is 108 Å². The largest absolute Gasteiger partial charge is 0.490 e. The third-order valence-electron chi connectivity index (χ3n) is 3.54. The van der Waals surface area contributed by atoms with Crippen LogP contribution < -0.4 is 4.74 Å². The average Bonchev–Trinajstić information content (AvgIpc) is 3.25. The van der Waals surface area contributed by atoms with E-state index in [0.29, 0.717) is 30.4 Å². The molecule has 9 heteroatoms. The van der Waals surface area contributed by atoms with Gasteiger partial charge in [0.2, 0.25) is 0 Å². The highest BCUT2D eigenvalue weighted by molar-refractivity contribution is 5.50. The summed E-state index contributed by atoms with van der Waals surface area (Å²) in [5, 5.41) is 15.0. The van der Waals surface area contributed by atoms with E-state index in [1.807, 2.05) is 11.9 Å². The van der Waals surface area contributed by atoms with Crippen LogP contribution in [0.25, 0.3) is 11.5 Å². The van der Waals surface area contributed by atoms with Gasteiger partial charge in [-0.25, -0.2) is 0 Å². The smallest absolute Gasteiger partial charge is 0.311 e. The van der Waals surface area contributed by atoms with Crippen LogP contribution in [0.3, 0.4) is 0 Å². The summed E-state index contributed by atoms with van der Waals surface area (Å²) in [7, 11) is 3.27. The van der Waals surface area contributed by atoms with E-state index in [-0.39, 0.29) is 11.4 Å². The number of rotatable bonds is 7. The van der Waals surface area contributed by atoms with E-state index >= 15 is 0 Å². The van der Waals surface area contributed by atoms with Gasteiger partial charge in [0.1, 0.15) is 6.26 Å². The fraction of sp³-hybridized carbons (Fsp3) is 0.250. The van der Waals surface area contributed by atoms with Gasteiger partial charge in [0, 0.05) is 12.6 Å². The van der Waals surface area contributed by atoms with Crippen molar-refractivity contribution >= 4 is 5.69 Å². The first-order valence-corrected chi connectivity index (χ1v) is 7.42. The molecule has 0 aliphatic heterocycles. The first-order valence-electron chi connectivity index (χ1n) is 7.42. The first kappa shape index (κ1) is 16.7. The molecule has 0 aliphatic carbocycles. The molecule has 3 aromatic rings. The van der Waals surface area contributed by atoms with E-state index in [1.54, 1.807) is 18.2 Å². The number of methoxy groups -OCH3 is 1. The Morgan fingerprint density at radius 1 is 1.32 bits per heavy atom. The zero-order valence-corrected chi connectivity index (χ0v) is 13.7. The van der Waals surface area contributed by atoms with Crippen molar-refractivity contribution in [2.24, 2.45) is 0 Å². The minimum absolute atomic E-state index is 0.0600. The van der Waals surface area contributed by atoms with Gasteiger partial charge in [-0.3, -0.25) is 15.0 Å². The normalized spacial score (nSPS) is 11.0. The second-order valence-electron chi connectivity index (χ2n) is 5.46. The van der Waals surface area contributed by atoms with Gasteiger partial charge in [0.25, 0.3) is 5.89 Å². The highest BCUT2D eigenvalue weighted by atomic mass is 16.6. The van der Waals surface area contributed by atoms with Gasteiger partial charge in [-0.1, -0.05) is 11.2 Å². The molecule has 0 spiro atoms. The van der Waals surface area contributed by atoms with Crippen LogP contribution in [0.5, 0.6) is 5.75 Å². The number of furan rings is 1. The van der Waals surface area contributed by atoms with Crippen LogP contribution in [0.4, 0.5) is 5.69 Å². The number of benzene rings is 1. The molecule has 130 valence electrons. The van der Waals surface area contributed by atoms with Crippen molar-refractivity contribution in [2.75, 3.05) is 14.2 Å². The predicted molar refractivity (Wildman–Crippen MR) is 86.8 cm³/mol. The van der Waals surface area contributed by atoms with Crippen LogP contribution >= 0.6 is 0 Å². The second-order valence-corrected chi connectivity index (χ2v) is 5.46. The summed E-state index contributed by atoms with van der Waals surface area (Å²) >= 11 is 0. The van der Waals surface area contributed by atoms with Crippen molar-refractivity contribution in [1.29, 1.82) is 0 Å². The lowest BCUT2D eigenvalue weighted by molar-refractivity contribution is -0.385. The Labute approximate surface area is 143 Å². The zero-order valence-electron chi connectivity index (χ0n) is 13.7. The van der Waals surface area contributed by atoms with Crippen molar-refractivity contribution in [3.63, 3.8) is 0 Å². The Morgan fingerprint density at radius 2 is 2.16 bits per heavy atom. The van der Waals surface area contributed by atoms with E-state index < -0.39 is 4.92 Å². The number of nitro benzene ring substituents is 1. The van der Waals surface area contributed by atoms with Crippen LogP contribution in [0.2, 0.25) is 0 Å². The molecule has 0 aliphatic rings. The molecular formula is C16H16N4O5. The molecule has 1 aromatic carbocycles. The van der Waals surface area contributed by atoms with Gasteiger partial charge in [0.05, 0.1) is 30.4 Å². The predicted octanol–water partition coefficient (Wildman–Crippen LogP) is 2.88. The van der Waals surface area contributed by atoms with E-state index in [0.717, 1.165) is 5.56 Å². The van der Waals surface area contributed by atoms with Crippen molar-refractivity contribution in [2.45, 2.75) is 13.1 Å². The third kappa shape index (κ3) is 3.83. The maximum atomic E-state index is 11.1. The number of aromatic nitrogens is 2. The Balaban J connectivity index is 1.67. The van der Waals surface area contributed by atoms with Gasteiger partial charge in [-0.2, -0.15) is 4.98 Å². The highest BCUT2D eigenvalue weighted by Crippen LogP contribution is 2.28. The van der Waals surface area contributed by atoms with Crippen LogP contribution in [0, 0.1) is 10.1 Å².